The number of aromatic nitrogens is 5. The molecule has 8 nitrogen and oxygen atoms in total. The minimum Gasteiger partial charge on any atom is -0.336 e. The SMILES string of the molecule is CC[C@H](C)NC(=O)N1CCC(n2cc(Cn3c(C)nc4ccccc43)nn2)CC1. The van der Waals surface area contributed by atoms with Gasteiger partial charge in [0, 0.05) is 19.1 Å². The van der Waals surface area contributed by atoms with E-state index in [-0.39, 0.29) is 18.1 Å². The van der Waals surface area contributed by atoms with Gasteiger partial charge in [-0.25, -0.2) is 14.5 Å². The average Bonchev–Trinajstić information content (AvgIpc) is 3.33. The molecule has 1 aromatic carbocycles. The molecule has 0 spiro atoms. The number of imidazole rings is 1. The fourth-order valence-electron chi connectivity index (χ4n) is 3.86. The summed E-state index contributed by atoms with van der Waals surface area (Å²) in [5.41, 5.74) is 3.04. The van der Waals surface area contributed by atoms with E-state index in [2.05, 4.69) is 38.2 Å². The Morgan fingerprint density at radius 3 is 2.79 bits per heavy atom. The number of urea groups is 1. The molecule has 0 unspecified atom stereocenters. The van der Waals surface area contributed by atoms with Crippen LogP contribution in [0.25, 0.3) is 11.0 Å². The molecule has 154 valence electrons. The fraction of sp³-hybridized carbons (Fsp3) is 0.524. The van der Waals surface area contributed by atoms with Gasteiger partial charge in [-0.05, 0) is 45.2 Å². The normalized spacial score (nSPS) is 16.3. The smallest absolute Gasteiger partial charge is 0.317 e. The highest BCUT2D eigenvalue weighted by molar-refractivity contribution is 5.76. The van der Waals surface area contributed by atoms with Gasteiger partial charge in [0.25, 0.3) is 0 Å². The largest absolute Gasteiger partial charge is 0.336 e. The highest BCUT2D eigenvalue weighted by Gasteiger charge is 2.25. The van der Waals surface area contributed by atoms with E-state index in [1.54, 1.807) is 0 Å². The van der Waals surface area contributed by atoms with Crippen LogP contribution in [-0.2, 0) is 6.54 Å². The van der Waals surface area contributed by atoms with E-state index in [4.69, 9.17) is 0 Å². The Kier molecular flexibility index (Phi) is 5.51. The lowest BCUT2D eigenvalue weighted by molar-refractivity contribution is 0.165. The van der Waals surface area contributed by atoms with Gasteiger partial charge in [-0.1, -0.05) is 24.3 Å². The van der Waals surface area contributed by atoms with E-state index in [0.717, 1.165) is 54.9 Å². The Morgan fingerprint density at radius 2 is 2.03 bits per heavy atom. The van der Waals surface area contributed by atoms with Crippen molar-refractivity contribution in [3.8, 4) is 0 Å². The number of carbonyl (C=O) groups excluding carboxylic acids is 1. The number of likely N-dealkylation sites (tertiary alicyclic amines) is 1. The quantitative estimate of drug-likeness (QED) is 0.720. The third-order valence-electron chi connectivity index (χ3n) is 5.83. The fourth-order valence-corrected chi connectivity index (χ4v) is 3.86. The van der Waals surface area contributed by atoms with E-state index < -0.39 is 0 Å². The van der Waals surface area contributed by atoms with Crippen LogP contribution in [0.1, 0.15) is 50.7 Å². The summed E-state index contributed by atoms with van der Waals surface area (Å²) in [4.78, 5) is 18.8. The minimum absolute atomic E-state index is 0.0412. The Hall–Kier alpha value is -2.90. The Balaban J connectivity index is 1.39. The Morgan fingerprint density at radius 1 is 1.28 bits per heavy atom. The van der Waals surface area contributed by atoms with E-state index in [9.17, 15) is 4.79 Å². The number of rotatable bonds is 5. The zero-order valence-electron chi connectivity index (χ0n) is 17.4. The van der Waals surface area contributed by atoms with Crippen molar-refractivity contribution in [1.29, 1.82) is 0 Å². The molecule has 1 atom stereocenters. The van der Waals surface area contributed by atoms with Gasteiger partial charge in [-0.15, -0.1) is 5.10 Å². The summed E-state index contributed by atoms with van der Waals surface area (Å²) in [6.07, 6.45) is 4.76. The van der Waals surface area contributed by atoms with Crippen molar-refractivity contribution in [2.24, 2.45) is 0 Å². The summed E-state index contributed by atoms with van der Waals surface area (Å²) >= 11 is 0. The third kappa shape index (κ3) is 4.11. The standard InChI is InChI=1S/C21H29N7O/c1-4-15(2)22-21(29)26-11-9-18(10-12-26)28-14-17(24-25-28)13-27-16(3)23-19-7-5-6-8-20(19)27/h5-8,14-15,18H,4,9-13H2,1-3H3,(H,22,29)/t15-/m0/s1. The van der Waals surface area contributed by atoms with Crippen molar-refractivity contribution in [1.82, 2.24) is 34.8 Å². The summed E-state index contributed by atoms with van der Waals surface area (Å²) < 4.78 is 4.14. The molecule has 3 heterocycles. The number of aryl methyl sites for hydroxylation is 1. The number of nitrogens with one attached hydrogen (secondary N) is 1. The number of fused-ring (bicyclic) bond motifs is 1. The minimum atomic E-state index is 0.0412. The number of hydrogen-bond donors (Lipinski definition) is 1. The van der Waals surface area contributed by atoms with Gasteiger partial charge in [-0.3, -0.25) is 0 Å². The van der Waals surface area contributed by atoms with Crippen molar-refractivity contribution < 1.29 is 4.79 Å². The monoisotopic (exact) mass is 395 g/mol. The molecular weight excluding hydrogens is 366 g/mol. The van der Waals surface area contributed by atoms with Gasteiger partial charge in [0.15, 0.2) is 0 Å². The molecule has 3 aromatic rings. The van der Waals surface area contributed by atoms with E-state index >= 15 is 0 Å². The predicted octanol–water partition coefficient (Wildman–Crippen LogP) is 3.13. The molecule has 2 aromatic heterocycles. The van der Waals surface area contributed by atoms with Gasteiger partial charge in [-0.2, -0.15) is 0 Å². The zero-order chi connectivity index (χ0) is 20.4. The van der Waals surface area contributed by atoms with Crippen LogP contribution >= 0.6 is 0 Å². The molecule has 0 radical (unpaired) electrons. The van der Waals surface area contributed by atoms with Crippen molar-refractivity contribution in [2.75, 3.05) is 13.1 Å². The first kappa shape index (κ1) is 19.4. The first-order chi connectivity index (χ1) is 14.0. The molecule has 0 aliphatic carbocycles. The van der Waals surface area contributed by atoms with Crippen LogP contribution in [0.3, 0.4) is 0 Å². The molecule has 1 N–H and O–H groups in total. The van der Waals surface area contributed by atoms with Crippen LogP contribution in [0.4, 0.5) is 4.79 Å². The highest BCUT2D eigenvalue weighted by atomic mass is 16.2. The van der Waals surface area contributed by atoms with Gasteiger partial charge in [0.2, 0.25) is 0 Å². The van der Waals surface area contributed by atoms with Crippen LogP contribution in [0.5, 0.6) is 0 Å². The molecule has 0 saturated carbocycles. The second kappa shape index (κ2) is 8.23. The summed E-state index contributed by atoms with van der Waals surface area (Å²) in [7, 11) is 0. The van der Waals surface area contributed by atoms with Gasteiger partial charge in [0.05, 0.1) is 29.8 Å². The number of hydrogen-bond acceptors (Lipinski definition) is 4. The maximum Gasteiger partial charge on any atom is 0.317 e. The average molecular weight is 396 g/mol. The van der Waals surface area contributed by atoms with Crippen molar-refractivity contribution in [3.05, 3.63) is 42.0 Å². The summed E-state index contributed by atoms with van der Waals surface area (Å²) in [5, 5.41) is 11.8. The number of carbonyl (C=O) groups is 1. The van der Waals surface area contributed by atoms with Crippen molar-refractivity contribution in [3.63, 3.8) is 0 Å². The topological polar surface area (TPSA) is 80.9 Å². The van der Waals surface area contributed by atoms with Crippen molar-refractivity contribution >= 4 is 17.1 Å². The molecule has 8 heteroatoms. The molecule has 4 rings (SSSR count). The summed E-state index contributed by atoms with van der Waals surface area (Å²) in [6.45, 7) is 8.27. The Labute approximate surface area is 170 Å². The highest BCUT2D eigenvalue weighted by Crippen LogP contribution is 2.22. The number of amides is 2. The summed E-state index contributed by atoms with van der Waals surface area (Å²) in [5.74, 6) is 0.973. The van der Waals surface area contributed by atoms with E-state index in [1.165, 1.54) is 0 Å². The van der Waals surface area contributed by atoms with E-state index in [0.29, 0.717) is 6.54 Å². The van der Waals surface area contributed by atoms with Crippen molar-refractivity contribution in [2.45, 2.75) is 58.7 Å². The maximum atomic E-state index is 12.3. The molecule has 1 fully saturated rings. The third-order valence-corrected chi connectivity index (χ3v) is 5.83. The van der Waals surface area contributed by atoms with Crippen LogP contribution < -0.4 is 5.32 Å². The molecule has 29 heavy (non-hydrogen) atoms. The van der Waals surface area contributed by atoms with E-state index in [1.807, 2.05) is 47.8 Å². The first-order valence-corrected chi connectivity index (χ1v) is 10.4. The lowest BCUT2D eigenvalue weighted by Gasteiger charge is -2.32. The van der Waals surface area contributed by atoms with Crippen LogP contribution in [0.15, 0.2) is 30.5 Å². The van der Waals surface area contributed by atoms with Crippen LogP contribution in [-0.4, -0.2) is 54.6 Å². The lowest BCUT2D eigenvalue weighted by Crippen LogP contribution is -2.47. The molecule has 1 aliphatic rings. The molecule has 1 aliphatic heterocycles. The van der Waals surface area contributed by atoms with Crippen LogP contribution in [0, 0.1) is 6.92 Å². The summed E-state index contributed by atoms with van der Waals surface area (Å²) in [6, 6.07) is 8.68. The number of piperidine rings is 1. The van der Waals surface area contributed by atoms with Gasteiger partial charge < -0.3 is 14.8 Å². The first-order valence-electron chi connectivity index (χ1n) is 10.4. The number of benzene rings is 1. The maximum absolute atomic E-state index is 12.3. The second-order valence-electron chi connectivity index (χ2n) is 7.90. The molecular formula is C21H29N7O. The number of para-hydroxylation sites is 2. The van der Waals surface area contributed by atoms with Gasteiger partial charge >= 0.3 is 6.03 Å². The Bertz CT molecular complexity index is 984. The lowest BCUT2D eigenvalue weighted by atomic mass is 10.1. The molecule has 1 saturated heterocycles. The second-order valence-corrected chi connectivity index (χ2v) is 7.90. The molecule has 2 amide bonds. The molecule has 0 bridgehead atoms. The zero-order valence-corrected chi connectivity index (χ0v) is 17.4. The van der Waals surface area contributed by atoms with Crippen LogP contribution in [0.2, 0.25) is 0 Å². The van der Waals surface area contributed by atoms with Gasteiger partial charge in [0.1, 0.15) is 11.5 Å². The predicted molar refractivity (Wildman–Crippen MR) is 112 cm³/mol. The number of nitrogens with zero attached hydrogens (tertiary/aromatic N) is 6.